The molecular formula is C18H19N3O. The number of benzene rings is 2. The number of hydrogen-bond donors (Lipinski definition) is 3. The summed E-state index contributed by atoms with van der Waals surface area (Å²) in [6, 6.07) is 13.3. The fourth-order valence-electron chi connectivity index (χ4n) is 2.69. The topological polar surface area (TPSA) is 70.9 Å². The second-order valence-electron chi connectivity index (χ2n) is 5.56. The normalized spacial score (nSPS) is 12.3. The van der Waals surface area contributed by atoms with Gasteiger partial charge in [-0.15, -0.1) is 0 Å². The Kier molecular flexibility index (Phi) is 3.59. The molecule has 3 rings (SSSR count). The van der Waals surface area contributed by atoms with Crippen LogP contribution in [-0.2, 0) is 0 Å². The summed E-state index contributed by atoms with van der Waals surface area (Å²) in [6.07, 6.45) is 1.95. The van der Waals surface area contributed by atoms with E-state index in [0.29, 0.717) is 11.3 Å². The number of aromatic nitrogens is 1. The molecule has 0 radical (unpaired) electrons. The Morgan fingerprint density at radius 1 is 1.23 bits per heavy atom. The van der Waals surface area contributed by atoms with Gasteiger partial charge in [-0.1, -0.05) is 24.3 Å². The number of carbonyl (C=O) groups is 1. The Labute approximate surface area is 129 Å². The summed E-state index contributed by atoms with van der Waals surface area (Å²) in [6.45, 7) is 3.89. The number of para-hydroxylation sites is 1. The van der Waals surface area contributed by atoms with Crippen LogP contribution in [0.3, 0.4) is 0 Å². The lowest BCUT2D eigenvalue weighted by molar-refractivity contribution is 0.0939. The van der Waals surface area contributed by atoms with Crippen molar-refractivity contribution in [2.45, 2.75) is 19.9 Å². The highest BCUT2D eigenvalue weighted by atomic mass is 16.1. The van der Waals surface area contributed by atoms with E-state index in [0.717, 1.165) is 22.0 Å². The molecule has 1 aromatic heterocycles. The first-order valence-electron chi connectivity index (χ1n) is 7.29. The van der Waals surface area contributed by atoms with Gasteiger partial charge in [0.05, 0.1) is 6.04 Å². The van der Waals surface area contributed by atoms with Crippen LogP contribution in [0.1, 0.15) is 34.5 Å². The van der Waals surface area contributed by atoms with Crippen molar-refractivity contribution in [3.05, 3.63) is 65.4 Å². The van der Waals surface area contributed by atoms with Gasteiger partial charge in [0.25, 0.3) is 5.91 Å². The van der Waals surface area contributed by atoms with Crippen molar-refractivity contribution < 1.29 is 4.79 Å². The number of hydrogen-bond acceptors (Lipinski definition) is 2. The Morgan fingerprint density at radius 2 is 2.00 bits per heavy atom. The monoisotopic (exact) mass is 293 g/mol. The standard InChI is InChI=1S/C18H19N3O/c1-11-7-8-13(19)9-15(11)18(22)21-12(2)16-10-20-17-6-4-3-5-14(16)17/h3-10,12,20H,19H2,1-2H3,(H,21,22). The van der Waals surface area contributed by atoms with Gasteiger partial charge in [-0.2, -0.15) is 0 Å². The van der Waals surface area contributed by atoms with Crippen LogP contribution in [0.25, 0.3) is 10.9 Å². The summed E-state index contributed by atoms with van der Waals surface area (Å²) in [4.78, 5) is 15.7. The first kappa shape index (κ1) is 14.2. The van der Waals surface area contributed by atoms with Gasteiger partial charge >= 0.3 is 0 Å². The molecule has 0 spiro atoms. The van der Waals surface area contributed by atoms with Crippen LogP contribution < -0.4 is 11.1 Å². The summed E-state index contributed by atoms with van der Waals surface area (Å²) in [7, 11) is 0. The summed E-state index contributed by atoms with van der Waals surface area (Å²) >= 11 is 0. The number of fused-ring (bicyclic) bond motifs is 1. The predicted molar refractivity (Wildman–Crippen MR) is 89.8 cm³/mol. The molecule has 1 atom stereocenters. The van der Waals surface area contributed by atoms with Gasteiger partial charge in [0.15, 0.2) is 0 Å². The van der Waals surface area contributed by atoms with Gasteiger partial charge < -0.3 is 16.0 Å². The van der Waals surface area contributed by atoms with E-state index in [4.69, 9.17) is 5.73 Å². The Bertz CT molecular complexity index is 835. The third kappa shape index (κ3) is 2.55. The molecule has 4 nitrogen and oxygen atoms in total. The molecule has 3 aromatic rings. The molecule has 2 aromatic carbocycles. The van der Waals surface area contributed by atoms with Gasteiger partial charge in [0.1, 0.15) is 0 Å². The molecule has 0 aliphatic carbocycles. The molecule has 0 bridgehead atoms. The molecule has 112 valence electrons. The SMILES string of the molecule is Cc1ccc(N)cc1C(=O)NC(C)c1c[nH]c2ccccc12. The molecule has 0 saturated heterocycles. The van der Waals surface area contributed by atoms with E-state index in [1.807, 2.05) is 44.3 Å². The molecule has 0 saturated carbocycles. The maximum absolute atomic E-state index is 12.5. The number of amides is 1. The van der Waals surface area contributed by atoms with E-state index in [9.17, 15) is 4.79 Å². The lowest BCUT2D eigenvalue weighted by atomic mass is 10.0. The maximum atomic E-state index is 12.5. The Balaban J connectivity index is 1.86. The van der Waals surface area contributed by atoms with Crippen LogP contribution in [0, 0.1) is 6.92 Å². The van der Waals surface area contributed by atoms with E-state index in [-0.39, 0.29) is 11.9 Å². The lowest BCUT2D eigenvalue weighted by Gasteiger charge is -2.15. The molecule has 0 fully saturated rings. The number of aryl methyl sites for hydroxylation is 1. The van der Waals surface area contributed by atoms with Crippen molar-refractivity contribution in [2.75, 3.05) is 5.73 Å². The van der Waals surface area contributed by atoms with Crippen LogP contribution in [0.2, 0.25) is 0 Å². The number of H-pyrrole nitrogens is 1. The fraction of sp³-hybridized carbons (Fsp3) is 0.167. The van der Waals surface area contributed by atoms with Crippen molar-refractivity contribution in [3.8, 4) is 0 Å². The zero-order valence-corrected chi connectivity index (χ0v) is 12.7. The van der Waals surface area contributed by atoms with Crippen LogP contribution in [0.5, 0.6) is 0 Å². The molecule has 1 heterocycles. The van der Waals surface area contributed by atoms with Crippen molar-refractivity contribution in [1.82, 2.24) is 10.3 Å². The van der Waals surface area contributed by atoms with E-state index >= 15 is 0 Å². The number of nitrogen functional groups attached to an aromatic ring is 1. The molecule has 1 amide bonds. The number of carbonyl (C=O) groups excluding carboxylic acids is 1. The van der Waals surface area contributed by atoms with Crippen molar-refractivity contribution in [2.24, 2.45) is 0 Å². The van der Waals surface area contributed by atoms with Gasteiger partial charge in [-0.25, -0.2) is 0 Å². The molecule has 0 aliphatic rings. The summed E-state index contributed by atoms with van der Waals surface area (Å²) in [5.74, 6) is -0.109. The third-order valence-electron chi connectivity index (χ3n) is 3.94. The van der Waals surface area contributed by atoms with Crippen molar-refractivity contribution >= 4 is 22.5 Å². The first-order valence-corrected chi connectivity index (χ1v) is 7.29. The minimum absolute atomic E-state index is 0.0931. The highest BCUT2D eigenvalue weighted by Gasteiger charge is 2.16. The van der Waals surface area contributed by atoms with E-state index in [1.165, 1.54) is 0 Å². The maximum Gasteiger partial charge on any atom is 0.252 e. The Morgan fingerprint density at radius 3 is 2.82 bits per heavy atom. The molecular weight excluding hydrogens is 274 g/mol. The highest BCUT2D eigenvalue weighted by molar-refractivity contribution is 5.97. The minimum Gasteiger partial charge on any atom is -0.399 e. The highest BCUT2D eigenvalue weighted by Crippen LogP contribution is 2.24. The van der Waals surface area contributed by atoms with E-state index in [2.05, 4.69) is 16.4 Å². The molecule has 0 aliphatic heterocycles. The van der Waals surface area contributed by atoms with E-state index < -0.39 is 0 Å². The second kappa shape index (κ2) is 5.56. The average molecular weight is 293 g/mol. The van der Waals surface area contributed by atoms with Crippen LogP contribution in [-0.4, -0.2) is 10.9 Å². The van der Waals surface area contributed by atoms with Gasteiger partial charge in [-0.05, 0) is 43.2 Å². The summed E-state index contributed by atoms with van der Waals surface area (Å²) in [5, 5.41) is 4.17. The number of aromatic amines is 1. The number of anilines is 1. The second-order valence-corrected chi connectivity index (χ2v) is 5.56. The van der Waals surface area contributed by atoms with Gasteiger partial charge in [0.2, 0.25) is 0 Å². The Hall–Kier alpha value is -2.75. The summed E-state index contributed by atoms with van der Waals surface area (Å²) < 4.78 is 0. The van der Waals surface area contributed by atoms with Gasteiger partial charge in [-0.3, -0.25) is 4.79 Å². The van der Waals surface area contributed by atoms with E-state index in [1.54, 1.807) is 12.1 Å². The van der Waals surface area contributed by atoms with Crippen LogP contribution in [0.15, 0.2) is 48.7 Å². The predicted octanol–water partition coefficient (Wildman–Crippen LogP) is 3.55. The molecule has 1 unspecified atom stereocenters. The third-order valence-corrected chi connectivity index (χ3v) is 3.94. The van der Waals surface area contributed by atoms with Crippen LogP contribution in [0.4, 0.5) is 5.69 Å². The smallest absolute Gasteiger partial charge is 0.252 e. The quantitative estimate of drug-likeness (QED) is 0.646. The van der Waals surface area contributed by atoms with Gasteiger partial charge in [0, 0.05) is 28.4 Å². The lowest BCUT2D eigenvalue weighted by Crippen LogP contribution is -2.27. The molecule has 4 N–H and O–H groups in total. The number of nitrogens with two attached hydrogens (primary N) is 1. The average Bonchev–Trinajstić information content (AvgIpc) is 2.93. The first-order chi connectivity index (χ1) is 10.6. The number of rotatable bonds is 3. The fourth-order valence-corrected chi connectivity index (χ4v) is 2.69. The largest absolute Gasteiger partial charge is 0.399 e. The molecule has 22 heavy (non-hydrogen) atoms. The summed E-state index contributed by atoms with van der Waals surface area (Å²) in [5.41, 5.74) is 10.0. The zero-order chi connectivity index (χ0) is 15.7. The van der Waals surface area contributed by atoms with Crippen molar-refractivity contribution in [3.63, 3.8) is 0 Å². The number of nitrogens with one attached hydrogen (secondary N) is 2. The minimum atomic E-state index is -0.109. The zero-order valence-electron chi connectivity index (χ0n) is 12.7. The molecule has 4 heteroatoms. The van der Waals surface area contributed by atoms with Crippen LogP contribution >= 0.6 is 0 Å². The van der Waals surface area contributed by atoms with Crippen molar-refractivity contribution in [1.29, 1.82) is 0 Å².